The average Bonchev–Trinajstić information content (AvgIpc) is 3.29. The van der Waals surface area contributed by atoms with Crippen LogP contribution in [0, 0.1) is 0 Å². The van der Waals surface area contributed by atoms with E-state index in [9.17, 15) is 0 Å². The molecule has 4 heterocycles. The number of nitrogens with one attached hydrogen (secondary N) is 2. The van der Waals surface area contributed by atoms with Gasteiger partial charge in [0.05, 0.1) is 13.3 Å². The summed E-state index contributed by atoms with van der Waals surface area (Å²) in [7, 11) is 3.70. The Labute approximate surface area is 186 Å². The molecular weight excluding hydrogens is 404 g/mol. The van der Waals surface area contributed by atoms with Crippen LogP contribution in [-0.2, 0) is 6.54 Å². The van der Waals surface area contributed by atoms with Crippen molar-refractivity contribution in [3.05, 3.63) is 78.1 Å². The maximum Gasteiger partial charge on any atom is 0.223 e. The summed E-state index contributed by atoms with van der Waals surface area (Å²) in [6.07, 6.45) is 3.45. The topological polar surface area (TPSA) is 88.2 Å². The number of H-pyrrole nitrogens is 1. The number of pyridine rings is 2. The van der Waals surface area contributed by atoms with Gasteiger partial charge in [0.1, 0.15) is 17.7 Å². The first kappa shape index (κ1) is 20.0. The number of fused-ring (bicyclic) bond motifs is 1. The fourth-order valence-electron chi connectivity index (χ4n) is 3.83. The van der Waals surface area contributed by atoms with Gasteiger partial charge in [-0.05, 0) is 36.9 Å². The van der Waals surface area contributed by atoms with E-state index < -0.39 is 0 Å². The van der Waals surface area contributed by atoms with Crippen LogP contribution >= 0.6 is 0 Å². The van der Waals surface area contributed by atoms with Gasteiger partial charge < -0.3 is 14.8 Å². The van der Waals surface area contributed by atoms with E-state index in [4.69, 9.17) is 14.5 Å². The van der Waals surface area contributed by atoms with E-state index in [-0.39, 0.29) is 6.10 Å². The summed E-state index contributed by atoms with van der Waals surface area (Å²) >= 11 is 0. The molecule has 0 saturated heterocycles. The molecule has 8 heteroatoms. The van der Waals surface area contributed by atoms with Crippen molar-refractivity contribution < 1.29 is 9.47 Å². The zero-order chi connectivity index (χ0) is 21.9. The van der Waals surface area contributed by atoms with Gasteiger partial charge in [-0.2, -0.15) is 15.1 Å². The highest BCUT2D eigenvalue weighted by Gasteiger charge is 2.23. The quantitative estimate of drug-likeness (QED) is 0.493. The summed E-state index contributed by atoms with van der Waals surface area (Å²) in [5, 5.41) is 10.1. The molecule has 1 aliphatic heterocycles. The molecule has 1 aromatic carbocycles. The van der Waals surface area contributed by atoms with Crippen molar-refractivity contribution in [1.82, 2.24) is 25.1 Å². The van der Waals surface area contributed by atoms with Crippen molar-refractivity contribution in [2.45, 2.75) is 12.6 Å². The Kier molecular flexibility index (Phi) is 5.43. The predicted octanol–water partition coefficient (Wildman–Crippen LogP) is 4.18. The largest absolute Gasteiger partial charge is 0.480 e. The summed E-state index contributed by atoms with van der Waals surface area (Å²) in [5.41, 5.74) is 3.96. The smallest absolute Gasteiger partial charge is 0.223 e. The number of aromatic nitrogens is 4. The first-order valence-corrected chi connectivity index (χ1v) is 10.4. The van der Waals surface area contributed by atoms with E-state index in [1.807, 2.05) is 42.5 Å². The fourth-order valence-corrected chi connectivity index (χ4v) is 3.83. The maximum atomic E-state index is 6.36. The van der Waals surface area contributed by atoms with Crippen LogP contribution in [0.25, 0.3) is 11.1 Å². The zero-order valence-electron chi connectivity index (χ0n) is 17.9. The van der Waals surface area contributed by atoms with Crippen molar-refractivity contribution in [3.63, 3.8) is 0 Å². The summed E-state index contributed by atoms with van der Waals surface area (Å²) in [6.45, 7) is 1.56. The van der Waals surface area contributed by atoms with Crippen LogP contribution in [0.1, 0.15) is 17.2 Å². The van der Waals surface area contributed by atoms with Gasteiger partial charge in [-0.25, -0.2) is 0 Å². The number of anilines is 2. The standard InChI is InChI=1S/C24H24N6O2/c1-30-14-17-8-10-21(28-23(17)32-20(15-30)16-6-4-3-5-7-16)27-22-11-9-19(24(29-22)31-2)18-12-25-26-13-18/h3-13,20H,14-15H2,1-2H3,(H,25,26)(H,27,28,29)/t20-/m0/s1. The molecule has 5 rings (SSSR count). The Morgan fingerprint density at radius 3 is 2.66 bits per heavy atom. The van der Waals surface area contributed by atoms with Crippen LogP contribution in [0.2, 0.25) is 0 Å². The normalized spacial score (nSPS) is 16.0. The van der Waals surface area contributed by atoms with Crippen LogP contribution in [0.3, 0.4) is 0 Å². The van der Waals surface area contributed by atoms with E-state index in [0.29, 0.717) is 23.4 Å². The lowest BCUT2D eigenvalue weighted by atomic mass is 10.1. The molecule has 0 fully saturated rings. The van der Waals surface area contributed by atoms with Crippen molar-refractivity contribution in [1.29, 1.82) is 0 Å². The van der Waals surface area contributed by atoms with E-state index in [2.05, 4.69) is 44.6 Å². The van der Waals surface area contributed by atoms with Gasteiger partial charge >= 0.3 is 0 Å². The lowest BCUT2D eigenvalue weighted by molar-refractivity contribution is 0.160. The van der Waals surface area contributed by atoms with E-state index in [1.54, 1.807) is 19.5 Å². The van der Waals surface area contributed by atoms with Gasteiger partial charge in [0.15, 0.2) is 0 Å². The molecule has 0 saturated carbocycles. The first-order valence-electron chi connectivity index (χ1n) is 10.4. The van der Waals surface area contributed by atoms with Crippen LogP contribution in [0.5, 0.6) is 11.8 Å². The highest BCUT2D eigenvalue weighted by atomic mass is 16.5. The second-order valence-electron chi connectivity index (χ2n) is 7.74. The van der Waals surface area contributed by atoms with E-state index in [0.717, 1.165) is 35.3 Å². The van der Waals surface area contributed by atoms with Crippen molar-refractivity contribution >= 4 is 11.6 Å². The van der Waals surface area contributed by atoms with E-state index in [1.165, 1.54) is 0 Å². The molecule has 1 aliphatic rings. The minimum absolute atomic E-state index is 0.0855. The van der Waals surface area contributed by atoms with Gasteiger partial charge in [-0.1, -0.05) is 30.3 Å². The van der Waals surface area contributed by atoms with Gasteiger partial charge in [-0.3, -0.25) is 10.00 Å². The molecule has 0 radical (unpaired) electrons. The Morgan fingerprint density at radius 1 is 1.06 bits per heavy atom. The lowest BCUT2D eigenvalue weighted by Crippen LogP contribution is -2.24. The number of likely N-dealkylation sites (N-methyl/N-ethyl adjacent to an activating group) is 1. The van der Waals surface area contributed by atoms with Crippen molar-refractivity contribution in [2.75, 3.05) is 26.0 Å². The third kappa shape index (κ3) is 4.13. The zero-order valence-corrected chi connectivity index (χ0v) is 17.9. The van der Waals surface area contributed by atoms with Gasteiger partial charge in [0, 0.05) is 36.0 Å². The summed E-state index contributed by atoms with van der Waals surface area (Å²) in [6, 6.07) is 18.1. The molecule has 2 N–H and O–H groups in total. The molecule has 0 aliphatic carbocycles. The SMILES string of the molecule is COc1nc(Nc2ccc3c(n2)O[C@H](c2ccccc2)CN(C)C3)ccc1-c1cn[nH]c1. The molecule has 8 nitrogen and oxygen atoms in total. The van der Waals surface area contributed by atoms with Gasteiger partial charge in [0.2, 0.25) is 11.8 Å². The molecule has 0 unspecified atom stereocenters. The number of nitrogens with zero attached hydrogens (tertiary/aromatic N) is 4. The molecule has 0 spiro atoms. The number of rotatable bonds is 5. The maximum absolute atomic E-state index is 6.36. The monoisotopic (exact) mass is 428 g/mol. The number of benzene rings is 1. The van der Waals surface area contributed by atoms with Crippen LogP contribution < -0.4 is 14.8 Å². The predicted molar refractivity (Wildman–Crippen MR) is 122 cm³/mol. The average molecular weight is 428 g/mol. The summed E-state index contributed by atoms with van der Waals surface area (Å²) in [4.78, 5) is 11.6. The van der Waals surface area contributed by atoms with Crippen LogP contribution in [-0.4, -0.2) is 45.8 Å². The highest BCUT2D eigenvalue weighted by Crippen LogP contribution is 2.32. The fraction of sp³-hybridized carbons (Fsp3) is 0.208. The van der Waals surface area contributed by atoms with Crippen LogP contribution in [0.15, 0.2) is 67.0 Å². The molecule has 1 atom stereocenters. The Hall–Kier alpha value is -3.91. The Bertz CT molecular complexity index is 1200. The number of aromatic amines is 1. The molecule has 4 aromatic rings. The highest BCUT2D eigenvalue weighted by molar-refractivity contribution is 5.69. The van der Waals surface area contributed by atoms with Gasteiger partial charge in [-0.15, -0.1) is 0 Å². The molecule has 0 bridgehead atoms. The number of hydrogen-bond acceptors (Lipinski definition) is 7. The minimum atomic E-state index is -0.0855. The Balaban J connectivity index is 1.41. The number of hydrogen-bond donors (Lipinski definition) is 2. The van der Waals surface area contributed by atoms with Gasteiger partial charge in [0.25, 0.3) is 0 Å². The molecule has 162 valence electrons. The number of ether oxygens (including phenoxy) is 2. The third-order valence-electron chi connectivity index (χ3n) is 5.40. The third-order valence-corrected chi connectivity index (χ3v) is 5.40. The van der Waals surface area contributed by atoms with Crippen molar-refractivity contribution in [3.8, 4) is 22.9 Å². The molecule has 0 amide bonds. The first-order chi connectivity index (χ1) is 15.7. The Morgan fingerprint density at radius 2 is 1.88 bits per heavy atom. The van der Waals surface area contributed by atoms with E-state index >= 15 is 0 Å². The molecular formula is C24H24N6O2. The van der Waals surface area contributed by atoms with Crippen molar-refractivity contribution in [2.24, 2.45) is 0 Å². The second-order valence-corrected chi connectivity index (χ2v) is 7.74. The lowest BCUT2D eigenvalue weighted by Gasteiger charge is -2.20. The minimum Gasteiger partial charge on any atom is -0.480 e. The summed E-state index contributed by atoms with van der Waals surface area (Å²) in [5.74, 6) is 2.43. The number of methoxy groups -OCH3 is 1. The molecule has 32 heavy (non-hydrogen) atoms. The summed E-state index contributed by atoms with van der Waals surface area (Å²) < 4.78 is 11.8. The van der Waals surface area contributed by atoms with Crippen LogP contribution in [0.4, 0.5) is 11.6 Å². The molecule has 3 aromatic heterocycles. The second kappa shape index (κ2) is 8.68.